The minimum Gasteiger partial charge on any atom is -0.388 e. The Morgan fingerprint density at radius 1 is 1.16 bits per heavy atom. The number of hydrogen-bond acceptors (Lipinski definition) is 1. The van der Waals surface area contributed by atoms with Crippen molar-refractivity contribution in [2.24, 2.45) is 0 Å². The summed E-state index contributed by atoms with van der Waals surface area (Å²) in [6.45, 7) is 0. The highest BCUT2D eigenvalue weighted by Gasteiger charge is 2.14. The summed E-state index contributed by atoms with van der Waals surface area (Å²) in [5.41, 5.74) is 1.01. The van der Waals surface area contributed by atoms with Gasteiger partial charge in [0.15, 0.2) is 0 Å². The number of rotatable bonds is 3. The number of halogens is 4. The fraction of sp³-hybridized carbons (Fsp3) is 0.143. The molecule has 0 amide bonds. The van der Waals surface area contributed by atoms with Gasteiger partial charge in [0.05, 0.1) is 15.6 Å². The molecule has 2 aromatic rings. The molecule has 1 nitrogen and oxygen atoms in total. The maximum absolute atomic E-state index is 13.3. The van der Waals surface area contributed by atoms with Crippen molar-refractivity contribution in [2.45, 2.75) is 12.5 Å². The number of hydrogen-bond donors (Lipinski definition) is 1. The van der Waals surface area contributed by atoms with Crippen LogP contribution < -0.4 is 0 Å². The van der Waals surface area contributed by atoms with E-state index in [1.165, 1.54) is 18.2 Å². The van der Waals surface area contributed by atoms with Crippen molar-refractivity contribution in [3.05, 3.63) is 68.7 Å². The Balaban J connectivity index is 2.23. The molecule has 0 radical (unpaired) electrons. The van der Waals surface area contributed by atoms with E-state index in [4.69, 9.17) is 11.6 Å². The number of aliphatic hydroxyl groups is 1. The van der Waals surface area contributed by atoms with E-state index in [1.54, 1.807) is 18.2 Å². The largest absolute Gasteiger partial charge is 0.388 e. The average molecular weight is 348 g/mol. The molecule has 0 heterocycles. The van der Waals surface area contributed by atoms with E-state index in [-0.39, 0.29) is 11.4 Å². The van der Waals surface area contributed by atoms with Crippen LogP contribution in [0.25, 0.3) is 0 Å². The maximum atomic E-state index is 13.3. The molecular weight excluding hydrogens is 338 g/mol. The van der Waals surface area contributed by atoms with E-state index in [0.29, 0.717) is 15.6 Å². The fourth-order valence-corrected chi connectivity index (χ4v) is 2.30. The van der Waals surface area contributed by atoms with Crippen LogP contribution in [0.3, 0.4) is 0 Å². The topological polar surface area (TPSA) is 20.2 Å². The van der Waals surface area contributed by atoms with E-state index in [0.717, 1.165) is 0 Å². The molecule has 1 N–H and O–H groups in total. The van der Waals surface area contributed by atoms with E-state index >= 15 is 0 Å². The molecule has 0 saturated heterocycles. The summed E-state index contributed by atoms with van der Waals surface area (Å²) in [5, 5.41) is 10.1. The average Bonchev–Trinajstić information content (AvgIpc) is 2.38. The first-order chi connectivity index (χ1) is 8.99. The van der Waals surface area contributed by atoms with Gasteiger partial charge in [0, 0.05) is 6.42 Å². The van der Waals surface area contributed by atoms with Crippen LogP contribution in [0.4, 0.5) is 8.78 Å². The van der Waals surface area contributed by atoms with Crippen LogP contribution in [0, 0.1) is 11.6 Å². The lowest BCUT2D eigenvalue weighted by Gasteiger charge is -2.13. The molecule has 0 aromatic heterocycles. The van der Waals surface area contributed by atoms with Crippen molar-refractivity contribution in [3.8, 4) is 0 Å². The molecule has 100 valence electrons. The Morgan fingerprint density at radius 2 is 1.89 bits per heavy atom. The molecule has 5 heteroatoms. The molecule has 0 bridgehead atoms. The summed E-state index contributed by atoms with van der Waals surface area (Å²) < 4.78 is 27.0. The predicted molar refractivity (Wildman–Crippen MR) is 74.2 cm³/mol. The molecule has 0 aliphatic carbocycles. The Bertz CT molecular complexity index is 604. The van der Waals surface area contributed by atoms with E-state index in [9.17, 15) is 13.9 Å². The van der Waals surface area contributed by atoms with Gasteiger partial charge in [0.25, 0.3) is 0 Å². The molecule has 2 rings (SSSR count). The molecule has 1 unspecified atom stereocenters. The molecule has 0 aliphatic heterocycles. The Kier molecular flexibility index (Phi) is 4.55. The zero-order valence-electron chi connectivity index (χ0n) is 9.71. The van der Waals surface area contributed by atoms with Gasteiger partial charge in [-0.05, 0) is 45.3 Å². The molecule has 0 aliphatic rings. The van der Waals surface area contributed by atoms with E-state index < -0.39 is 17.7 Å². The lowest BCUT2D eigenvalue weighted by molar-refractivity contribution is 0.177. The van der Waals surface area contributed by atoms with Crippen LogP contribution in [0.1, 0.15) is 17.2 Å². The minimum atomic E-state index is -0.926. The van der Waals surface area contributed by atoms with Crippen molar-refractivity contribution >= 4 is 27.5 Å². The molecule has 0 fully saturated rings. The summed E-state index contributed by atoms with van der Waals surface area (Å²) in [5.74, 6) is -0.983. The molecule has 19 heavy (non-hydrogen) atoms. The summed E-state index contributed by atoms with van der Waals surface area (Å²) >= 11 is 8.70. The first-order valence-electron chi connectivity index (χ1n) is 5.55. The van der Waals surface area contributed by atoms with Gasteiger partial charge in [0.1, 0.15) is 11.6 Å². The zero-order chi connectivity index (χ0) is 14.0. The highest BCUT2D eigenvalue weighted by Crippen LogP contribution is 2.27. The number of benzene rings is 2. The summed E-state index contributed by atoms with van der Waals surface area (Å²) in [6, 6.07) is 8.69. The van der Waals surface area contributed by atoms with Gasteiger partial charge in [-0.2, -0.15) is 0 Å². The van der Waals surface area contributed by atoms with Crippen molar-refractivity contribution in [2.75, 3.05) is 0 Å². The van der Waals surface area contributed by atoms with Crippen LogP contribution in [-0.2, 0) is 6.42 Å². The third-order valence-electron chi connectivity index (χ3n) is 2.77. The summed E-state index contributed by atoms with van der Waals surface area (Å²) in [6.07, 6.45) is -0.746. The molecule has 2 aromatic carbocycles. The van der Waals surface area contributed by atoms with Gasteiger partial charge in [-0.25, -0.2) is 8.78 Å². The normalized spacial score (nSPS) is 12.5. The second-order valence-corrected chi connectivity index (χ2v) is 5.31. The second-order valence-electron chi connectivity index (χ2n) is 4.11. The Labute approximate surface area is 123 Å². The van der Waals surface area contributed by atoms with Crippen LogP contribution in [0.5, 0.6) is 0 Å². The van der Waals surface area contributed by atoms with Gasteiger partial charge in [-0.15, -0.1) is 0 Å². The molecule has 0 saturated carbocycles. The van der Waals surface area contributed by atoms with Gasteiger partial charge in [-0.3, -0.25) is 0 Å². The second kappa shape index (κ2) is 5.99. The van der Waals surface area contributed by atoms with Crippen molar-refractivity contribution < 1.29 is 13.9 Å². The fourth-order valence-electron chi connectivity index (χ4n) is 1.75. The van der Waals surface area contributed by atoms with Crippen molar-refractivity contribution in [3.63, 3.8) is 0 Å². The van der Waals surface area contributed by atoms with E-state index in [2.05, 4.69) is 15.9 Å². The third-order valence-corrected chi connectivity index (χ3v) is 3.97. The monoisotopic (exact) mass is 346 g/mol. The van der Waals surface area contributed by atoms with Crippen LogP contribution in [0.15, 0.2) is 40.9 Å². The van der Waals surface area contributed by atoms with Crippen LogP contribution >= 0.6 is 27.5 Å². The lowest BCUT2D eigenvalue weighted by atomic mass is 10.0. The van der Waals surface area contributed by atoms with Crippen molar-refractivity contribution in [1.82, 2.24) is 0 Å². The van der Waals surface area contributed by atoms with E-state index in [1.807, 2.05) is 0 Å². The highest BCUT2D eigenvalue weighted by molar-refractivity contribution is 9.10. The SMILES string of the molecule is OC(Cc1cccc(F)c1Br)c1ccc(Cl)c(F)c1. The molecular formula is C14H10BrClF2O. The van der Waals surface area contributed by atoms with Gasteiger partial charge >= 0.3 is 0 Å². The van der Waals surface area contributed by atoms with Gasteiger partial charge < -0.3 is 5.11 Å². The Hall–Kier alpha value is -0.970. The smallest absolute Gasteiger partial charge is 0.142 e. The predicted octanol–water partition coefficient (Wildman–Crippen LogP) is 4.66. The molecule has 1 atom stereocenters. The van der Waals surface area contributed by atoms with Crippen LogP contribution in [-0.4, -0.2) is 5.11 Å². The minimum absolute atomic E-state index is 0.00267. The summed E-state index contributed by atoms with van der Waals surface area (Å²) in [4.78, 5) is 0. The third kappa shape index (κ3) is 3.32. The van der Waals surface area contributed by atoms with Crippen LogP contribution in [0.2, 0.25) is 5.02 Å². The van der Waals surface area contributed by atoms with Gasteiger partial charge in [-0.1, -0.05) is 29.8 Å². The first kappa shape index (κ1) is 14.4. The van der Waals surface area contributed by atoms with Crippen molar-refractivity contribution in [1.29, 1.82) is 0 Å². The quantitative estimate of drug-likeness (QED) is 0.856. The lowest BCUT2D eigenvalue weighted by Crippen LogP contribution is -2.03. The molecule has 0 spiro atoms. The maximum Gasteiger partial charge on any atom is 0.142 e. The summed E-state index contributed by atoms with van der Waals surface area (Å²) in [7, 11) is 0. The number of aliphatic hydroxyl groups excluding tert-OH is 1. The van der Waals surface area contributed by atoms with Gasteiger partial charge in [0.2, 0.25) is 0 Å². The highest BCUT2D eigenvalue weighted by atomic mass is 79.9. The Morgan fingerprint density at radius 3 is 2.58 bits per heavy atom. The zero-order valence-corrected chi connectivity index (χ0v) is 12.0. The standard InChI is InChI=1S/C14H10BrClF2O/c15-14-9(2-1-3-11(14)17)7-13(19)8-4-5-10(16)12(18)6-8/h1-6,13,19H,7H2. The first-order valence-corrected chi connectivity index (χ1v) is 6.72.